The molecule has 1 unspecified atom stereocenters. The molecule has 24 heavy (non-hydrogen) atoms. The van der Waals surface area contributed by atoms with Gasteiger partial charge in [-0.25, -0.2) is 0 Å². The molecule has 2 aromatic rings. The minimum absolute atomic E-state index is 0.0716. The van der Waals surface area contributed by atoms with Crippen molar-refractivity contribution in [3.63, 3.8) is 0 Å². The van der Waals surface area contributed by atoms with Crippen molar-refractivity contribution in [2.45, 2.75) is 28.5 Å². The van der Waals surface area contributed by atoms with Gasteiger partial charge in [0.2, 0.25) is 0 Å². The number of aromatic hydroxyl groups is 1. The highest BCUT2D eigenvalue weighted by molar-refractivity contribution is 7.99. The lowest BCUT2D eigenvalue weighted by atomic mass is 10.0. The molecule has 0 aliphatic carbocycles. The number of rotatable bonds is 5. The lowest BCUT2D eigenvalue weighted by molar-refractivity contribution is 0.100. The van der Waals surface area contributed by atoms with Crippen molar-refractivity contribution >= 4 is 23.5 Å². The quantitative estimate of drug-likeness (QED) is 0.708. The van der Waals surface area contributed by atoms with Crippen LogP contribution in [-0.2, 0) is 0 Å². The summed E-state index contributed by atoms with van der Waals surface area (Å²) < 4.78 is 5.85. The van der Waals surface area contributed by atoms with Crippen molar-refractivity contribution in [2.75, 3.05) is 11.5 Å². The number of hydrogen-bond donors (Lipinski definition) is 3. The number of aliphatic hydroxyl groups is 1. The van der Waals surface area contributed by atoms with Crippen molar-refractivity contribution in [3.05, 3.63) is 48.5 Å². The van der Waals surface area contributed by atoms with Crippen LogP contribution < -0.4 is 10.5 Å². The molecule has 0 saturated heterocycles. The Morgan fingerprint density at radius 3 is 2.79 bits per heavy atom. The standard InChI is InChI=1S/C18H21NO3S2/c19-18-12(10-23-17-8-4-2-6-15(17)22-18)9-13(20)11-24-16-7-3-1-5-14(16)21/h1-8,12-13,18,20-21H,9-11,19H2/t12-,13-,18?/m0/s1. The average molecular weight is 364 g/mol. The number of nitrogens with two attached hydrogens (primary N) is 1. The van der Waals surface area contributed by atoms with Gasteiger partial charge in [-0.1, -0.05) is 24.3 Å². The Labute approximate surface area is 150 Å². The van der Waals surface area contributed by atoms with Gasteiger partial charge in [0.05, 0.1) is 6.10 Å². The summed E-state index contributed by atoms with van der Waals surface area (Å²) in [4.78, 5) is 1.87. The third-order valence-electron chi connectivity index (χ3n) is 3.90. The molecule has 3 atom stereocenters. The van der Waals surface area contributed by atoms with Crippen LogP contribution in [0.4, 0.5) is 0 Å². The Bertz CT molecular complexity index is 683. The van der Waals surface area contributed by atoms with Gasteiger partial charge in [0.15, 0.2) is 6.23 Å². The SMILES string of the molecule is NC1Oc2ccccc2SC[C@@H]1C[C@H](O)CSc1ccccc1O. The van der Waals surface area contributed by atoms with Crippen LogP contribution in [0.1, 0.15) is 6.42 Å². The zero-order chi connectivity index (χ0) is 16.9. The summed E-state index contributed by atoms with van der Waals surface area (Å²) in [6.07, 6.45) is -0.357. The zero-order valence-corrected chi connectivity index (χ0v) is 14.8. The number of ether oxygens (including phenoxy) is 1. The second kappa shape index (κ2) is 8.16. The Morgan fingerprint density at radius 2 is 1.96 bits per heavy atom. The van der Waals surface area contributed by atoms with Crippen LogP contribution in [-0.4, -0.2) is 34.1 Å². The molecule has 0 radical (unpaired) electrons. The topological polar surface area (TPSA) is 75.7 Å². The Morgan fingerprint density at radius 1 is 1.21 bits per heavy atom. The highest BCUT2D eigenvalue weighted by Crippen LogP contribution is 2.36. The van der Waals surface area contributed by atoms with Crippen LogP contribution in [0.2, 0.25) is 0 Å². The van der Waals surface area contributed by atoms with Gasteiger partial charge in [-0.3, -0.25) is 5.73 Å². The fourth-order valence-electron chi connectivity index (χ4n) is 2.59. The monoisotopic (exact) mass is 363 g/mol. The Hall–Kier alpha value is -1.34. The van der Waals surface area contributed by atoms with Gasteiger partial charge in [-0.15, -0.1) is 23.5 Å². The Kier molecular flexibility index (Phi) is 5.94. The van der Waals surface area contributed by atoms with E-state index < -0.39 is 12.3 Å². The largest absolute Gasteiger partial charge is 0.507 e. The first-order valence-electron chi connectivity index (χ1n) is 7.86. The second-order valence-corrected chi connectivity index (χ2v) is 7.89. The normalized spacial score (nSPS) is 21.4. The molecule has 1 aliphatic rings. The zero-order valence-electron chi connectivity index (χ0n) is 13.2. The summed E-state index contributed by atoms with van der Waals surface area (Å²) >= 11 is 3.17. The van der Waals surface area contributed by atoms with Crippen molar-refractivity contribution in [1.82, 2.24) is 0 Å². The fourth-order valence-corrected chi connectivity index (χ4v) is 4.64. The molecule has 0 saturated carbocycles. The highest BCUT2D eigenvalue weighted by Gasteiger charge is 2.27. The first-order chi connectivity index (χ1) is 11.6. The van der Waals surface area contributed by atoms with Crippen LogP contribution in [0.5, 0.6) is 11.5 Å². The third kappa shape index (κ3) is 4.39. The molecular weight excluding hydrogens is 342 g/mol. The van der Waals surface area contributed by atoms with E-state index in [2.05, 4.69) is 0 Å². The Balaban J connectivity index is 1.55. The van der Waals surface area contributed by atoms with Crippen LogP contribution in [0.25, 0.3) is 0 Å². The predicted molar refractivity (Wildman–Crippen MR) is 98.7 cm³/mol. The summed E-state index contributed by atoms with van der Waals surface area (Å²) in [6, 6.07) is 15.0. The molecule has 4 N–H and O–H groups in total. The minimum atomic E-state index is -0.504. The van der Waals surface area contributed by atoms with E-state index in [1.807, 2.05) is 36.4 Å². The summed E-state index contributed by atoms with van der Waals surface area (Å²) in [5, 5.41) is 20.1. The first-order valence-corrected chi connectivity index (χ1v) is 9.83. The number of thioether (sulfide) groups is 2. The van der Waals surface area contributed by atoms with Crippen LogP contribution in [0.15, 0.2) is 58.3 Å². The summed E-state index contributed by atoms with van der Waals surface area (Å²) in [7, 11) is 0. The number of aliphatic hydroxyl groups excluding tert-OH is 1. The maximum absolute atomic E-state index is 10.4. The summed E-state index contributed by atoms with van der Waals surface area (Å²) in [5.41, 5.74) is 6.18. The van der Waals surface area contributed by atoms with Crippen molar-refractivity contribution < 1.29 is 14.9 Å². The van der Waals surface area contributed by atoms with E-state index in [1.165, 1.54) is 11.8 Å². The molecule has 0 spiro atoms. The molecule has 0 amide bonds. The molecule has 3 rings (SSSR count). The van der Waals surface area contributed by atoms with Gasteiger partial charge < -0.3 is 14.9 Å². The molecule has 0 bridgehead atoms. The van der Waals surface area contributed by atoms with Crippen molar-refractivity contribution in [2.24, 2.45) is 11.7 Å². The number of phenolic OH excluding ortho intramolecular Hbond substituents is 1. The minimum Gasteiger partial charge on any atom is -0.507 e. The van der Waals surface area contributed by atoms with E-state index in [0.717, 1.165) is 21.3 Å². The van der Waals surface area contributed by atoms with Gasteiger partial charge in [0.1, 0.15) is 11.5 Å². The number of benzene rings is 2. The van der Waals surface area contributed by atoms with E-state index in [4.69, 9.17) is 10.5 Å². The maximum Gasteiger partial charge on any atom is 0.151 e. The number of fused-ring (bicyclic) bond motifs is 1. The van der Waals surface area contributed by atoms with E-state index in [0.29, 0.717) is 12.2 Å². The van der Waals surface area contributed by atoms with E-state index in [1.54, 1.807) is 23.9 Å². The average Bonchev–Trinajstić information content (AvgIpc) is 2.73. The number of para-hydroxylation sites is 2. The highest BCUT2D eigenvalue weighted by atomic mass is 32.2. The molecule has 2 aromatic carbocycles. The van der Waals surface area contributed by atoms with Crippen LogP contribution >= 0.6 is 23.5 Å². The lowest BCUT2D eigenvalue weighted by Crippen LogP contribution is -2.38. The third-order valence-corrected chi connectivity index (χ3v) is 6.35. The first kappa shape index (κ1) is 17.5. The van der Waals surface area contributed by atoms with E-state index in [9.17, 15) is 10.2 Å². The van der Waals surface area contributed by atoms with Crippen molar-refractivity contribution in [1.29, 1.82) is 0 Å². The van der Waals surface area contributed by atoms with Crippen LogP contribution in [0, 0.1) is 5.92 Å². The van der Waals surface area contributed by atoms with Crippen LogP contribution in [0.3, 0.4) is 0 Å². The molecule has 0 fully saturated rings. The smallest absolute Gasteiger partial charge is 0.151 e. The van der Waals surface area contributed by atoms with E-state index in [-0.39, 0.29) is 11.7 Å². The second-order valence-electron chi connectivity index (χ2n) is 5.77. The molecule has 1 aliphatic heterocycles. The van der Waals surface area contributed by atoms with Gasteiger partial charge in [0.25, 0.3) is 0 Å². The predicted octanol–water partition coefficient (Wildman–Crippen LogP) is 3.32. The number of hydrogen-bond acceptors (Lipinski definition) is 6. The lowest BCUT2D eigenvalue weighted by Gasteiger charge is -2.23. The maximum atomic E-state index is 10.4. The molecular formula is C18H21NO3S2. The van der Waals surface area contributed by atoms with Gasteiger partial charge in [0, 0.05) is 27.2 Å². The molecule has 4 nitrogen and oxygen atoms in total. The van der Waals surface area contributed by atoms with E-state index >= 15 is 0 Å². The van der Waals surface area contributed by atoms with Gasteiger partial charge in [-0.05, 0) is 30.7 Å². The molecule has 1 heterocycles. The molecule has 6 heteroatoms. The van der Waals surface area contributed by atoms with Gasteiger partial charge >= 0.3 is 0 Å². The molecule has 0 aromatic heterocycles. The summed E-state index contributed by atoms with van der Waals surface area (Å²) in [6.45, 7) is 0. The number of phenols is 1. The van der Waals surface area contributed by atoms with Gasteiger partial charge in [-0.2, -0.15) is 0 Å². The fraction of sp³-hybridized carbons (Fsp3) is 0.333. The van der Waals surface area contributed by atoms with Crippen molar-refractivity contribution in [3.8, 4) is 11.5 Å². The summed E-state index contributed by atoms with van der Waals surface area (Å²) in [5.74, 6) is 2.46. The molecule has 128 valence electrons.